The quantitative estimate of drug-likeness (QED) is 0.361. The van der Waals surface area contributed by atoms with Gasteiger partial charge in [-0.25, -0.2) is 13.2 Å². The maximum absolute atomic E-state index is 15.3. The van der Waals surface area contributed by atoms with Gasteiger partial charge in [0.05, 0.1) is 7.11 Å². The Balaban J connectivity index is 1.21. The Morgan fingerprint density at radius 3 is 1.97 bits per heavy atom. The summed E-state index contributed by atoms with van der Waals surface area (Å²) in [4.78, 5) is 0. The van der Waals surface area contributed by atoms with E-state index in [0.717, 1.165) is 55.9 Å². The van der Waals surface area contributed by atoms with E-state index < -0.39 is 11.8 Å². The molecular weight excluding hydrogens is 433 g/mol. The van der Waals surface area contributed by atoms with Crippen molar-refractivity contribution >= 4 is 0 Å². The lowest BCUT2D eigenvalue weighted by atomic mass is 9.67. The molecule has 1 aromatic carbocycles. The first-order valence-electron chi connectivity index (χ1n) is 14.1. The maximum Gasteiger partial charge on any atom is 0.251 e. The third-order valence-corrected chi connectivity index (χ3v) is 9.68. The molecule has 0 amide bonds. The van der Waals surface area contributed by atoms with Gasteiger partial charge >= 0.3 is 0 Å². The summed E-state index contributed by atoms with van der Waals surface area (Å²) >= 11 is 0. The van der Waals surface area contributed by atoms with Crippen molar-refractivity contribution in [2.45, 2.75) is 115 Å². The molecule has 0 heterocycles. The van der Waals surface area contributed by atoms with Gasteiger partial charge < -0.3 is 4.74 Å². The number of benzene rings is 1. The fourth-order valence-electron chi connectivity index (χ4n) is 7.56. The van der Waals surface area contributed by atoms with Crippen LogP contribution in [-0.4, -0.2) is 13.0 Å². The van der Waals surface area contributed by atoms with Crippen molar-refractivity contribution in [2.75, 3.05) is 7.11 Å². The predicted molar refractivity (Wildman–Crippen MR) is 133 cm³/mol. The Bertz CT molecular complexity index is 754. The smallest absolute Gasteiger partial charge is 0.251 e. The topological polar surface area (TPSA) is 9.23 Å². The second-order valence-electron chi connectivity index (χ2n) is 11.8. The number of halogens is 3. The zero-order valence-electron chi connectivity index (χ0n) is 21.3. The Kier molecular flexibility index (Phi) is 8.91. The molecule has 4 rings (SSSR count). The van der Waals surface area contributed by atoms with Crippen LogP contribution in [-0.2, 0) is 0 Å². The fraction of sp³-hybridized carbons (Fsp3) is 0.800. The van der Waals surface area contributed by atoms with Crippen molar-refractivity contribution in [2.24, 2.45) is 29.6 Å². The van der Waals surface area contributed by atoms with Crippen LogP contribution < -0.4 is 4.74 Å². The lowest BCUT2D eigenvalue weighted by Crippen LogP contribution is -2.36. The zero-order valence-corrected chi connectivity index (χ0v) is 21.3. The van der Waals surface area contributed by atoms with Gasteiger partial charge in [0.1, 0.15) is 0 Å². The van der Waals surface area contributed by atoms with E-state index >= 15 is 8.78 Å². The third kappa shape index (κ3) is 6.32. The van der Waals surface area contributed by atoms with Gasteiger partial charge in [-0.2, -0.15) is 0 Å². The minimum Gasteiger partial charge on any atom is -0.494 e. The van der Waals surface area contributed by atoms with Crippen LogP contribution in [0, 0.1) is 35.4 Å². The van der Waals surface area contributed by atoms with Crippen molar-refractivity contribution < 1.29 is 17.9 Å². The summed E-state index contributed by atoms with van der Waals surface area (Å²) in [5.74, 6) is -0.263. The molecule has 4 heteroatoms. The van der Waals surface area contributed by atoms with Crippen LogP contribution in [0.4, 0.5) is 13.2 Å². The van der Waals surface area contributed by atoms with E-state index in [1.807, 2.05) is 6.07 Å². The van der Waals surface area contributed by atoms with Crippen LogP contribution in [0.2, 0.25) is 0 Å². The van der Waals surface area contributed by atoms with Crippen molar-refractivity contribution in [3.05, 3.63) is 29.6 Å². The molecule has 1 aromatic rings. The highest BCUT2D eigenvalue weighted by Gasteiger charge is 2.44. The van der Waals surface area contributed by atoms with Gasteiger partial charge in [0, 0.05) is 12.3 Å². The van der Waals surface area contributed by atoms with Gasteiger partial charge in [-0.1, -0.05) is 38.7 Å². The van der Waals surface area contributed by atoms with Crippen molar-refractivity contribution in [1.29, 1.82) is 0 Å². The maximum atomic E-state index is 15.3. The molecule has 3 saturated carbocycles. The minimum absolute atomic E-state index is 0.0498. The molecule has 1 nitrogen and oxygen atoms in total. The SMILES string of the molecule is CCCC1CCC(C2CCC(C(F)(F)CC3CCC(c4ccc(OC)c(F)c4)CC3)CC2)CC1. The highest BCUT2D eigenvalue weighted by Crippen LogP contribution is 2.49. The molecule has 0 bridgehead atoms. The molecular formula is C30H45F3O. The van der Waals surface area contributed by atoms with Crippen molar-refractivity contribution in [3.63, 3.8) is 0 Å². The fourth-order valence-corrected chi connectivity index (χ4v) is 7.56. The largest absolute Gasteiger partial charge is 0.494 e. The van der Waals surface area contributed by atoms with E-state index in [1.54, 1.807) is 12.1 Å². The van der Waals surface area contributed by atoms with Crippen LogP contribution >= 0.6 is 0 Å². The third-order valence-electron chi connectivity index (χ3n) is 9.68. The molecule has 0 unspecified atom stereocenters. The van der Waals surface area contributed by atoms with E-state index in [-0.39, 0.29) is 29.8 Å². The first-order chi connectivity index (χ1) is 16.4. The average molecular weight is 479 g/mol. The minimum atomic E-state index is -2.53. The Labute approximate surface area is 205 Å². The molecule has 0 aromatic heterocycles. The molecule has 3 fully saturated rings. The Morgan fingerprint density at radius 1 is 0.824 bits per heavy atom. The first kappa shape index (κ1) is 25.9. The number of hydrogen-bond acceptors (Lipinski definition) is 1. The highest BCUT2D eigenvalue weighted by molar-refractivity contribution is 5.31. The van der Waals surface area contributed by atoms with Gasteiger partial charge in [0.2, 0.25) is 0 Å². The van der Waals surface area contributed by atoms with Crippen LogP contribution in [0.25, 0.3) is 0 Å². The number of rotatable bonds is 8. The summed E-state index contributed by atoms with van der Waals surface area (Å²) in [6.45, 7) is 2.28. The summed E-state index contributed by atoms with van der Waals surface area (Å²) in [6, 6.07) is 5.17. The zero-order chi connectivity index (χ0) is 24.1. The van der Waals surface area contributed by atoms with Crippen LogP contribution in [0.15, 0.2) is 18.2 Å². The molecule has 3 aliphatic rings. The Morgan fingerprint density at radius 2 is 1.41 bits per heavy atom. The van der Waals surface area contributed by atoms with E-state index in [4.69, 9.17) is 4.74 Å². The standard InChI is InChI=1S/C30H45F3O/c1-3-4-21-5-9-23(10-6-21)24-13-16-27(17-14-24)30(32,33)20-22-7-11-25(12-8-22)26-15-18-29(34-2)28(31)19-26/h15,18-19,21-25,27H,3-14,16-17,20H2,1-2H3. The monoisotopic (exact) mass is 478 g/mol. The van der Waals surface area contributed by atoms with Gasteiger partial charge in [-0.3, -0.25) is 0 Å². The lowest BCUT2D eigenvalue weighted by molar-refractivity contribution is -0.0979. The molecule has 0 spiro atoms. The summed E-state index contributed by atoms with van der Waals surface area (Å²) in [5, 5.41) is 0. The van der Waals surface area contributed by atoms with E-state index in [1.165, 1.54) is 45.6 Å². The molecule has 0 saturated heterocycles. The Hall–Kier alpha value is -1.19. The van der Waals surface area contributed by atoms with E-state index in [9.17, 15) is 4.39 Å². The lowest BCUT2D eigenvalue weighted by Gasteiger charge is -2.40. The highest BCUT2D eigenvalue weighted by atomic mass is 19.3. The molecule has 0 radical (unpaired) electrons. The molecule has 0 N–H and O–H groups in total. The number of methoxy groups -OCH3 is 1. The number of alkyl halides is 2. The van der Waals surface area contributed by atoms with Crippen LogP contribution in [0.3, 0.4) is 0 Å². The van der Waals surface area contributed by atoms with E-state index in [0.29, 0.717) is 18.8 Å². The second-order valence-corrected chi connectivity index (χ2v) is 11.8. The van der Waals surface area contributed by atoms with Crippen LogP contribution in [0.5, 0.6) is 5.75 Å². The van der Waals surface area contributed by atoms with Gasteiger partial charge in [0.25, 0.3) is 5.92 Å². The second kappa shape index (κ2) is 11.7. The molecule has 192 valence electrons. The van der Waals surface area contributed by atoms with E-state index in [2.05, 4.69) is 6.92 Å². The first-order valence-corrected chi connectivity index (χ1v) is 14.1. The van der Waals surface area contributed by atoms with Gasteiger partial charge in [0.15, 0.2) is 11.6 Å². The number of hydrogen-bond donors (Lipinski definition) is 0. The van der Waals surface area contributed by atoms with Crippen molar-refractivity contribution in [1.82, 2.24) is 0 Å². The van der Waals surface area contributed by atoms with Gasteiger partial charge in [-0.05, 0) is 111 Å². The molecule has 34 heavy (non-hydrogen) atoms. The molecule has 0 aliphatic heterocycles. The molecule has 3 aliphatic carbocycles. The summed E-state index contributed by atoms with van der Waals surface area (Å²) in [7, 11) is 1.47. The van der Waals surface area contributed by atoms with Gasteiger partial charge in [-0.15, -0.1) is 0 Å². The summed E-state index contributed by atoms with van der Waals surface area (Å²) in [5.41, 5.74) is 0.977. The predicted octanol–water partition coefficient (Wildman–Crippen LogP) is 9.55. The summed E-state index contributed by atoms with van der Waals surface area (Å²) < 4.78 is 49.7. The van der Waals surface area contributed by atoms with Crippen molar-refractivity contribution in [3.8, 4) is 5.75 Å². The average Bonchev–Trinajstić information content (AvgIpc) is 2.85. The number of ether oxygens (including phenoxy) is 1. The van der Waals surface area contributed by atoms with Crippen LogP contribution in [0.1, 0.15) is 115 Å². The normalized spacial score (nSPS) is 33.0. The molecule has 0 atom stereocenters. The summed E-state index contributed by atoms with van der Waals surface area (Å²) in [6.07, 6.45) is 14.9.